The molecule has 0 amide bonds. The molecule has 0 N–H and O–H groups in total. The number of ether oxygens (including phenoxy) is 1. The van der Waals surface area contributed by atoms with Crippen molar-refractivity contribution in [1.82, 2.24) is 4.31 Å². The van der Waals surface area contributed by atoms with Gasteiger partial charge < -0.3 is 4.74 Å². The number of esters is 1. The summed E-state index contributed by atoms with van der Waals surface area (Å²) >= 11 is 6.07. The molecule has 1 saturated carbocycles. The Morgan fingerprint density at radius 2 is 1.89 bits per heavy atom. The molecule has 2 aromatic carbocycles. The lowest BCUT2D eigenvalue weighted by molar-refractivity contribution is 0.0526. The molecule has 1 aliphatic carbocycles. The van der Waals surface area contributed by atoms with Crippen molar-refractivity contribution >= 4 is 27.6 Å². The van der Waals surface area contributed by atoms with Crippen molar-refractivity contribution in [2.75, 3.05) is 6.61 Å². The number of carbonyl (C=O) groups is 1. The Labute approximate surface area is 162 Å². The third kappa shape index (κ3) is 4.31. The summed E-state index contributed by atoms with van der Waals surface area (Å²) in [5.74, 6) is -1.06. The van der Waals surface area contributed by atoms with E-state index >= 15 is 0 Å². The molecule has 27 heavy (non-hydrogen) atoms. The predicted octanol–water partition coefficient (Wildman–Crippen LogP) is 4.01. The zero-order valence-electron chi connectivity index (χ0n) is 14.7. The Morgan fingerprint density at radius 1 is 1.22 bits per heavy atom. The van der Waals surface area contributed by atoms with E-state index in [9.17, 15) is 17.6 Å². The van der Waals surface area contributed by atoms with Gasteiger partial charge in [-0.1, -0.05) is 17.7 Å². The van der Waals surface area contributed by atoms with Crippen LogP contribution in [0.5, 0.6) is 0 Å². The summed E-state index contributed by atoms with van der Waals surface area (Å²) in [4.78, 5) is 11.8. The van der Waals surface area contributed by atoms with Crippen molar-refractivity contribution in [2.45, 2.75) is 37.2 Å². The Hall–Kier alpha value is -1.96. The maximum Gasteiger partial charge on any atom is 0.338 e. The van der Waals surface area contributed by atoms with E-state index < -0.39 is 21.8 Å². The molecule has 1 aliphatic rings. The maximum absolute atomic E-state index is 14.1. The molecule has 0 heterocycles. The second-order valence-electron chi connectivity index (χ2n) is 6.23. The third-order valence-corrected chi connectivity index (χ3v) is 6.57. The van der Waals surface area contributed by atoms with Crippen LogP contribution in [0.25, 0.3) is 0 Å². The Balaban J connectivity index is 1.90. The van der Waals surface area contributed by atoms with E-state index in [1.165, 1.54) is 46.8 Å². The first-order valence-electron chi connectivity index (χ1n) is 8.56. The fourth-order valence-electron chi connectivity index (χ4n) is 2.72. The highest BCUT2D eigenvalue weighted by Crippen LogP contribution is 2.35. The lowest BCUT2D eigenvalue weighted by atomic mass is 10.2. The molecule has 2 aromatic rings. The van der Waals surface area contributed by atoms with Crippen molar-refractivity contribution in [1.29, 1.82) is 0 Å². The quantitative estimate of drug-likeness (QED) is 0.646. The highest BCUT2D eigenvalue weighted by atomic mass is 35.5. The van der Waals surface area contributed by atoms with Crippen LogP contribution in [0.3, 0.4) is 0 Å². The minimum absolute atomic E-state index is 0.0370. The van der Waals surface area contributed by atoms with E-state index in [4.69, 9.17) is 16.3 Å². The first-order chi connectivity index (χ1) is 12.8. The number of benzene rings is 2. The number of nitrogens with zero attached hydrogens (tertiary/aromatic N) is 1. The lowest BCUT2D eigenvalue weighted by Crippen LogP contribution is -2.33. The minimum atomic E-state index is -3.87. The van der Waals surface area contributed by atoms with Gasteiger partial charge in [0, 0.05) is 23.2 Å². The van der Waals surface area contributed by atoms with Gasteiger partial charge in [-0.25, -0.2) is 17.6 Å². The molecule has 0 saturated heterocycles. The van der Waals surface area contributed by atoms with Crippen LogP contribution < -0.4 is 0 Å². The van der Waals surface area contributed by atoms with Crippen LogP contribution in [0, 0.1) is 5.82 Å². The summed E-state index contributed by atoms with van der Waals surface area (Å²) in [6.07, 6.45) is 1.43. The molecule has 3 rings (SSSR count). The molecular weight excluding hydrogens is 393 g/mol. The van der Waals surface area contributed by atoms with Crippen LogP contribution in [0.15, 0.2) is 47.4 Å². The van der Waals surface area contributed by atoms with Crippen molar-refractivity contribution < 1.29 is 22.3 Å². The highest BCUT2D eigenvalue weighted by Gasteiger charge is 2.38. The maximum atomic E-state index is 14.1. The van der Waals surface area contributed by atoms with Gasteiger partial charge in [-0.05, 0) is 56.2 Å². The normalized spacial score (nSPS) is 14.4. The van der Waals surface area contributed by atoms with Crippen LogP contribution in [-0.2, 0) is 21.3 Å². The van der Waals surface area contributed by atoms with Gasteiger partial charge in [0.15, 0.2) is 0 Å². The Bertz CT molecular complexity index is 922. The molecule has 0 atom stereocenters. The average molecular weight is 412 g/mol. The summed E-state index contributed by atoms with van der Waals surface area (Å²) in [5.41, 5.74) is 0.420. The number of halogens is 2. The summed E-state index contributed by atoms with van der Waals surface area (Å²) in [5, 5.41) is 0.188. The van der Waals surface area contributed by atoms with E-state index in [0.29, 0.717) is 12.8 Å². The van der Waals surface area contributed by atoms with Crippen LogP contribution in [0.4, 0.5) is 4.39 Å². The van der Waals surface area contributed by atoms with Gasteiger partial charge in [0.1, 0.15) is 5.82 Å². The number of hydrogen-bond acceptors (Lipinski definition) is 4. The van der Waals surface area contributed by atoms with E-state index in [0.717, 1.165) is 0 Å². The van der Waals surface area contributed by atoms with Gasteiger partial charge in [0.05, 0.1) is 17.1 Å². The molecule has 0 aliphatic heterocycles. The molecule has 8 heteroatoms. The SMILES string of the molecule is CCOC(=O)c1ccc(S(=O)(=O)N(Cc2c(F)cccc2Cl)C2CC2)cc1. The fraction of sp³-hybridized carbons (Fsp3) is 0.316. The summed E-state index contributed by atoms with van der Waals surface area (Å²) < 4.78 is 46.5. The van der Waals surface area contributed by atoms with E-state index in [1.54, 1.807) is 6.92 Å². The third-order valence-electron chi connectivity index (χ3n) is 4.30. The van der Waals surface area contributed by atoms with Gasteiger partial charge in [0.2, 0.25) is 10.0 Å². The molecule has 0 bridgehead atoms. The Kier molecular flexibility index (Phi) is 5.83. The summed E-state index contributed by atoms with van der Waals surface area (Å²) in [6, 6.07) is 9.62. The van der Waals surface area contributed by atoms with Gasteiger partial charge in [0.25, 0.3) is 0 Å². The second-order valence-corrected chi connectivity index (χ2v) is 8.52. The minimum Gasteiger partial charge on any atom is -0.462 e. The second kappa shape index (κ2) is 7.96. The van der Waals surface area contributed by atoms with E-state index in [1.807, 2.05) is 0 Å². The highest BCUT2D eigenvalue weighted by molar-refractivity contribution is 7.89. The average Bonchev–Trinajstić information content (AvgIpc) is 3.46. The fourth-order valence-corrected chi connectivity index (χ4v) is 4.60. The molecule has 0 aromatic heterocycles. The lowest BCUT2D eigenvalue weighted by Gasteiger charge is -2.23. The van der Waals surface area contributed by atoms with Gasteiger partial charge in [-0.2, -0.15) is 4.31 Å². The number of sulfonamides is 1. The topological polar surface area (TPSA) is 63.7 Å². The molecule has 1 fully saturated rings. The van der Waals surface area contributed by atoms with Crippen molar-refractivity contribution in [3.8, 4) is 0 Å². The molecular formula is C19H19ClFNO4S. The van der Waals surface area contributed by atoms with E-state index in [2.05, 4.69) is 0 Å². The van der Waals surface area contributed by atoms with Crippen LogP contribution in [0.2, 0.25) is 5.02 Å². The van der Waals surface area contributed by atoms with Crippen LogP contribution in [-0.4, -0.2) is 31.3 Å². The van der Waals surface area contributed by atoms with Gasteiger partial charge in [-0.3, -0.25) is 0 Å². The molecule has 144 valence electrons. The van der Waals surface area contributed by atoms with Crippen LogP contribution in [0.1, 0.15) is 35.7 Å². The first kappa shape index (κ1) is 19.8. The molecule has 5 nitrogen and oxygen atoms in total. The van der Waals surface area contributed by atoms with Crippen LogP contribution >= 0.6 is 11.6 Å². The van der Waals surface area contributed by atoms with Gasteiger partial charge in [-0.15, -0.1) is 0 Å². The standard InChI is InChI=1S/C19H19ClFNO4S/c1-2-26-19(23)13-6-10-15(11-7-13)27(24,25)22(14-8-9-14)12-16-17(20)4-3-5-18(16)21/h3-7,10-11,14H,2,8-9,12H2,1H3. The largest absolute Gasteiger partial charge is 0.462 e. The zero-order chi connectivity index (χ0) is 19.6. The van der Waals surface area contributed by atoms with Crippen molar-refractivity contribution in [3.05, 3.63) is 64.4 Å². The predicted molar refractivity (Wildman–Crippen MR) is 99.6 cm³/mol. The van der Waals surface area contributed by atoms with Crippen molar-refractivity contribution in [2.24, 2.45) is 0 Å². The summed E-state index contributed by atoms with van der Waals surface area (Å²) in [6.45, 7) is 1.79. The van der Waals surface area contributed by atoms with Gasteiger partial charge >= 0.3 is 5.97 Å². The molecule has 0 unspecified atom stereocenters. The number of rotatable bonds is 7. The smallest absolute Gasteiger partial charge is 0.338 e. The molecule has 0 spiro atoms. The Morgan fingerprint density at radius 3 is 2.44 bits per heavy atom. The summed E-state index contributed by atoms with van der Waals surface area (Å²) in [7, 11) is -3.87. The molecule has 0 radical (unpaired) electrons. The monoisotopic (exact) mass is 411 g/mol. The van der Waals surface area contributed by atoms with E-state index in [-0.39, 0.29) is 40.2 Å². The van der Waals surface area contributed by atoms with Crippen molar-refractivity contribution in [3.63, 3.8) is 0 Å². The number of carbonyl (C=O) groups excluding carboxylic acids is 1. The number of hydrogen-bond donors (Lipinski definition) is 0. The zero-order valence-corrected chi connectivity index (χ0v) is 16.3. The first-order valence-corrected chi connectivity index (χ1v) is 10.4.